The highest BCUT2D eigenvalue weighted by Crippen LogP contribution is 2.25. The predicted octanol–water partition coefficient (Wildman–Crippen LogP) is 7.88. The van der Waals surface area contributed by atoms with Crippen LogP contribution >= 0.6 is 23.4 Å². The smallest absolute Gasteiger partial charge is 0.272 e. The highest BCUT2D eigenvalue weighted by molar-refractivity contribution is 8.00. The molecule has 5 nitrogen and oxygen atoms in total. The molecule has 0 saturated carbocycles. The van der Waals surface area contributed by atoms with Crippen LogP contribution in [0, 0.1) is 0 Å². The summed E-state index contributed by atoms with van der Waals surface area (Å²) in [6, 6.07) is 36.6. The lowest BCUT2D eigenvalue weighted by molar-refractivity contribution is -0.113. The highest BCUT2D eigenvalue weighted by Gasteiger charge is 2.16. The second-order valence-electron chi connectivity index (χ2n) is 9.12. The molecular weight excluding hydrogens is 552 g/mol. The molecule has 0 aliphatic heterocycles. The summed E-state index contributed by atoms with van der Waals surface area (Å²) < 4.78 is 0. The van der Waals surface area contributed by atoms with Crippen LogP contribution in [-0.2, 0) is 4.79 Å². The van der Waals surface area contributed by atoms with Gasteiger partial charge in [-0.2, -0.15) is 0 Å². The van der Waals surface area contributed by atoms with Gasteiger partial charge in [-0.3, -0.25) is 14.4 Å². The zero-order chi connectivity index (χ0) is 28.6. The molecule has 0 radical (unpaired) electrons. The quantitative estimate of drug-likeness (QED) is 0.106. The summed E-state index contributed by atoms with van der Waals surface area (Å²) in [7, 11) is 0. The van der Waals surface area contributed by atoms with Gasteiger partial charge in [-0.1, -0.05) is 90.5 Å². The van der Waals surface area contributed by atoms with Gasteiger partial charge in [0, 0.05) is 21.7 Å². The number of Topliss-reactive ketones (excluding diaryl/α,β-unsaturated/α-hetero) is 1. The number of anilines is 1. The molecule has 5 aromatic rings. The number of rotatable bonds is 9. The van der Waals surface area contributed by atoms with E-state index in [1.54, 1.807) is 72.8 Å². The molecule has 0 aliphatic rings. The van der Waals surface area contributed by atoms with Gasteiger partial charge in [0.15, 0.2) is 5.78 Å². The van der Waals surface area contributed by atoms with Crippen LogP contribution in [0.4, 0.5) is 5.69 Å². The van der Waals surface area contributed by atoms with Crippen LogP contribution < -0.4 is 10.6 Å². The van der Waals surface area contributed by atoms with Crippen molar-refractivity contribution in [2.45, 2.75) is 4.90 Å². The summed E-state index contributed by atoms with van der Waals surface area (Å²) in [5, 5.41) is 8.08. The normalized spacial score (nSPS) is 11.2. The SMILES string of the molecule is O=C(Nc1cccc(SCC(=O)c2ccccc2Cl)c1)/C(=C/c1cccc2ccccc12)NC(=O)c1ccccc1. The van der Waals surface area contributed by atoms with Crippen LogP contribution in [0.5, 0.6) is 0 Å². The number of nitrogens with one attached hydrogen (secondary N) is 2. The minimum atomic E-state index is -0.475. The standard InChI is InChI=1S/C34H25ClN2O3S/c35-30-19-7-6-18-29(30)32(38)22-41-27-16-9-15-26(21-27)36-34(40)31(37-33(39)24-11-2-1-3-12-24)20-25-14-8-13-23-10-4-5-17-28(23)25/h1-21H,22H2,(H,36,40)(H,37,39)/b31-20-. The van der Waals surface area contributed by atoms with E-state index in [4.69, 9.17) is 11.6 Å². The van der Waals surface area contributed by atoms with Crippen molar-refractivity contribution < 1.29 is 14.4 Å². The Balaban J connectivity index is 1.37. The zero-order valence-electron chi connectivity index (χ0n) is 21.8. The molecule has 0 atom stereocenters. The van der Waals surface area contributed by atoms with E-state index in [-0.39, 0.29) is 17.2 Å². The molecule has 0 unspecified atom stereocenters. The summed E-state index contributed by atoms with van der Waals surface area (Å²) in [4.78, 5) is 40.0. The number of thioether (sulfide) groups is 1. The fourth-order valence-electron chi connectivity index (χ4n) is 4.25. The third-order valence-corrected chi connectivity index (χ3v) is 7.61. The third kappa shape index (κ3) is 7.11. The number of benzene rings is 5. The number of carbonyl (C=O) groups excluding carboxylic acids is 3. The largest absolute Gasteiger partial charge is 0.321 e. The van der Waals surface area contributed by atoms with E-state index in [9.17, 15) is 14.4 Å². The Labute approximate surface area is 247 Å². The molecule has 5 aromatic carbocycles. The van der Waals surface area contributed by atoms with Crippen LogP contribution in [0.15, 0.2) is 132 Å². The maximum atomic E-state index is 13.6. The first-order valence-corrected chi connectivity index (χ1v) is 14.2. The van der Waals surface area contributed by atoms with Crippen LogP contribution in [-0.4, -0.2) is 23.4 Å². The molecule has 0 aliphatic carbocycles. The fourth-order valence-corrected chi connectivity index (χ4v) is 5.33. The summed E-state index contributed by atoms with van der Waals surface area (Å²) in [6.45, 7) is 0. The monoisotopic (exact) mass is 576 g/mol. The van der Waals surface area contributed by atoms with Gasteiger partial charge in [0.2, 0.25) is 0 Å². The van der Waals surface area contributed by atoms with E-state index >= 15 is 0 Å². The van der Waals surface area contributed by atoms with Gasteiger partial charge in [0.25, 0.3) is 11.8 Å². The molecule has 2 N–H and O–H groups in total. The molecule has 2 amide bonds. The average Bonchev–Trinajstić information content (AvgIpc) is 3.00. The second kappa shape index (κ2) is 13.1. The Morgan fingerprint density at radius 2 is 1.46 bits per heavy atom. The van der Waals surface area contributed by atoms with Crippen molar-refractivity contribution in [2.24, 2.45) is 0 Å². The molecule has 0 heterocycles. The van der Waals surface area contributed by atoms with Crippen molar-refractivity contribution in [3.8, 4) is 0 Å². The maximum Gasteiger partial charge on any atom is 0.272 e. The van der Waals surface area contributed by atoms with Crippen molar-refractivity contribution in [1.29, 1.82) is 0 Å². The van der Waals surface area contributed by atoms with E-state index in [1.165, 1.54) is 11.8 Å². The van der Waals surface area contributed by atoms with Gasteiger partial charge in [-0.15, -0.1) is 11.8 Å². The first-order chi connectivity index (χ1) is 20.0. The van der Waals surface area contributed by atoms with Gasteiger partial charge < -0.3 is 10.6 Å². The van der Waals surface area contributed by atoms with Gasteiger partial charge in [-0.05, 0) is 64.9 Å². The lowest BCUT2D eigenvalue weighted by Crippen LogP contribution is -2.30. The van der Waals surface area contributed by atoms with E-state index in [0.29, 0.717) is 21.8 Å². The summed E-state index contributed by atoms with van der Waals surface area (Å²) in [5.41, 5.74) is 2.34. The Morgan fingerprint density at radius 1 is 0.756 bits per heavy atom. The van der Waals surface area contributed by atoms with E-state index in [1.807, 2.05) is 54.6 Å². The number of fused-ring (bicyclic) bond motifs is 1. The Morgan fingerprint density at radius 3 is 2.29 bits per heavy atom. The average molecular weight is 577 g/mol. The number of amides is 2. The first kappa shape index (κ1) is 27.9. The second-order valence-corrected chi connectivity index (χ2v) is 10.6. The number of carbonyl (C=O) groups is 3. The topological polar surface area (TPSA) is 75.3 Å². The van der Waals surface area contributed by atoms with Crippen LogP contribution in [0.25, 0.3) is 16.8 Å². The molecule has 0 saturated heterocycles. The number of halogens is 1. The highest BCUT2D eigenvalue weighted by atomic mass is 35.5. The van der Waals surface area contributed by atoms with Crippen LogP contribution in [0.3, 0.4) is 0 Å². The first-order valence-electron chi connectivity index (χ1n) is 12.9. The molecule has 5 rings (SSSR count). The summed E-state index contributed by atoms with van der Waals surface area (Å²) >= 11 is 7.52. The Kier molecular flexibility index (Phi) is 8.94. The lowest BCUT2D eigenvalue weighted by atomic mass is 10.0. The minimum Gasteiger partial charge on any atom is -0.321 e. The number of ketones is 1. The van der Waals surface area contributed by atoms with Crippen molar-refractivity contribution in [1.82, 2.24) is 5.32 Å². The molecule has 0 fully saturated rings. The predicted molar refractivity (Wildman–Crippen MR) is 167 cm³/mol. The summed E-state index contributed by atoms with van der Waals surface area (Å²) in [5.74, 6) is -0.759. The molecule has 202 valence electrons. The van der Waals surface area contributed by atoms with E-state index < -0.39 is 11.8 Å². The fraction of sp³-hybridized carbons (Fsp3) is 0.0294. The zero-order valence-corrected chi connectivity index (χ0v) is 23.4. The Bertz CT molecular complexity index is 1760. The molecular formula is C34H25ClN2O3S. The lowest BCUT2D eigenvalue weighted by Gasteiger charge is -2.13. The number of hydrogen-bond acceptors (Lipinski definition) is 4. The van der Waals surface area contributed by atoms with Crippen molar-refractivity contribution in [3.63, 3.8) is 0 Å². The van der Waals surface area contributed by atoms with Gasteiger partial charge >= 0.3 is 0 Å². The van der Waals surface area contributed by atoms with Crippen molar-refractivity contribution >= 4 is 63.5 Å². The van der Waals surface area contributed by atoms with Crippen molar-refractivity contribution in [2.75, 3.05) is 11.1 Å². The van der Waals surface area contributed by atoms with Gasteiger partial charge in [0.1, 0.15) is 5.70 Å². The minimum absolute atomic E-state index is 0.0843. The molecule has 41 heavy (non-hydrogen) atoms. The Hall–Kier alpha value is -4.65. The van der Waals surface area contributed by atoms with Crippen LogP contribution in [0.2, 0.25) is 5.02 Å². The van der Waals surface area contributed by atoms with E-state index in [2.05, 4.69) is 10.6 Å². The molecule has 7 heteroatoms. The molecule has 0 spiro atoms. The van der Waals surface area contributed by atoms with Gasteiger partial charge in [-0.25, -0.2) is 0 Å². The van der Waals surface area contributed by atoms with E-state index in [0.717, 1.165) is 21.2 Å². The molecule has 0 bridgehead atoms. The molecule has 0 aromatic heterocycles. The third-order valence-electron chi connectivity index (χ3n) is 6.29. The van der Waals surface area contributed by atoms with Gasteiger partial charge in [0.05, 0.1) is 10.8 Å². The van der Waals surface area contributed by atoms with Crippen molar-refractivity contribution in [3.05, 3.63) is 149 Å². The van der Waals surface area contributed by atoms with Crippen LogP contribution in [0.1, 0.15) is 26.3 Å². The number of hydrogen-bond donors (Lipinski definition) is 2. The summed E-state index contributed by atoms with van der Waals surface area (Å²) in [6.07, 6.45) is 1.68. The maximum absolute atomic E-state index is 13.6.